The molecule has 1 amide bonds. The summed E-state index contributed by atoms with van der Waals surface area (Å²) in [5.74, 6) is 1.29. The zero-order valence-electron chi connectivity index (χ0n) is 10.8. The van der Waals surface area contributed by atoms with Crippen LogP contribution < -0.4 is 5.32 Å². The molecule has 0 spiro atoms. The second-order valence-corrected chi connectivity index (χ2v) is 5.45. The Morgan fingerprint density at radius 3 is 3.17 bits per heavy atom. The van der Waals surface area contributed by atoms with Gasteiger partial charge in [-0.1, -0.05) is 0 Å². The van der Waals surface area contributed by atoms with Crippen molar-refractivity contribution in [1.82, 2.24) is 19.8 Å². The van der Waals surface area contributed by atoms with E-state index in [1.165, 1.54) is 12.8 Å². The summed E-state index contributed by atoms with van der Waals surface area (Å²) in [7, 11) is 2.03. The summed E-state index contributed by atoms with van der Waals surface area (Å²) in [6.07, 6.45) is 8.26. The first kappa shape index (κ1) is 11.7. The number of carbonyl (C=O) groups is 1. The molecule has 2 heterocycles. The first-order valence-corrected chi connectivity index (χ1v) is 6.72. The molecule has 1 N–H and O–H groups in total. The van der Waals surface area contributed by atoms with E-state index in [1.807, 2.05) is 19.4 Å². The lowest BCUT2D eigenvalue weighted by Crippen LogP contribution is -2.45. The van der Waals surface area contributed by atoms with Crippen molar-refractivity contribution in [3.05, 3.63) is 18.2 Å². The Morgan fingerprint density at radius 2 is 2.39 bits per heavy atom. The molecule has 0 unspecified atom stereocenters. The molecular formula is C13H20N4O. The molecular weight excluding hydrogens is 228 g/mol. The van der Waals surface area contributed by atoms with Crippen molar-refractivity contribution in [3.8, 4) is 0 Å². The van der Waals surface area contributed by atoms with Crippen LogP contribution in [-0.2, 0) is 17.8 Å². The molecule has 5 nitrogen and oxygen atoms in total. The third-order valence-electron chi connectivity index (χ3n) is 3.86. The Labute approximate surface area is 107 Å². The van der Waals surface area contributed by atoms with Gasteiger partial charge in [-0.15, -0.1) is 0 Å². The van der Waals surface area contributed by atoms with Gasteiger partial charge in [0.25, 0.3) is 0 Å². The van der Waals surface area contributed by atoms with Gasteiger partial charge in [-0.2, -0.15) is 0 Å². The Morgan fingerprint density at radius 1 is 1.56 bits per heavy atom. The van der Waals surface area contributed by atoms with Gasteiger partial charge < -0.3 is 9.88 Å². The van der Waals surface area contributed by atoms with Gasteiger partial charge in [-0.25, -0.2) is 4.98 Å². The van der Waals surface area contributed by atoms with E-state index in [0.29, 0.717) is 12.6 Å². The van der Waals surface area contributed by atoms with Gasteiger partial charge in [-0.3, -0.25) is 9.69 Å². The molecule has 3 rings (SSSR count). The van der Waals surface area contributed by atoms with Crippen molar-refractivity contribution >= 4 is 5.91 Å². The molecule has 98 valence electrons. The number of fused-ring (bicyclic) bond motifs is 1. The van der Waals surface area contributed by atoms with Crippen LogP contribution in [0.15, 0.2) is 12.4 Å². The molecule has 5 heteroatoms. The van der Waals surface area contributed by atoms with Crippen LogP contribution in [0.1, 0.15) is 25.1 Å². The molecule has 18 heavy (non-hydrogen) atoms. The van der Waals surface area contributed by atoms with Crippen molar-refractivity contribution in [3.63, 3.8) is 0 Å². The highest BCUT2D eigenvalue weighted by atomic mass is 16.2. The fourth-order valence-electron chi connectivity index (χ4n) is 2.63. The van der Waals surface area contributed by atoms with Gasteiger partial charge in [-0.05, 0) is 26.3 Å². The number of carbonyl (C=O) groups excluding carboxylic acids is 1. The number of hydrogen-bond donors (Lipinski definition) is 1. The van der Waals surface area contributed by atoms with Gasteiger partial charge >= 0.3 is 0 Å². The van der Waals surface area contributed by atoms with Crippen LogP contribution in [0.3, 0.4) is 0 Å². The van der Waals surface area contributed by atoms with Crippen LogP contribution in [0.25, 0.3) is 0 Å². The molecule has 0 bridgehead atoms. The zero-order chi connectivity index (χ0) is 12.5. The van der Waals surface area contributed by atoms with E-state index in [0.717, 1.165) is 25.2 Å². The maximum absolute atomic E-state index is 11.9. The van der Waals surface area contributed by atoms with E-state index in [9.17, 15) is 4.79 Å². The molecule has 1 aliphatic carbocycles. The lowest BCUT2D eigenvalue weighted by molar-refractivity contribution is -0.123. The molecule has 1 saturated carbocycles. The van der Waals surface area contributed by atoms with E-state index >= 15 is 0 Å². The molecule has 1 aliphatic heterocycles. The lowest BCUT2D eigenvalue weighted by Gasteiger charge is -2.25. The minimum atomic E-state index is 0.151. The van der Waals surface area contributed by atoms with Crippen LogP contribution in [0.2, 0.25) is 0 Å². The molecule has 1 aromatic heterocycles. The molecule has 1 atom stereocenters. The van der Waals surface area contributed by atoms with Crippen LogP contribution >= 0.6 is 0 Å². The quantitative estimate of drug-likeness (QED) is 0.839. The Bertz CT molecular complexity index is 438. The van der Waals surface area contributed by atoms with Crippen LogP contribution in [-0.4, -0.2) is 46.0 Å². The van der Waals surface area contributed by atoms with Crippen molar-refractivity contribution in [1.29, 1.82) is 0 Å². The summed E-state index contributed by atoms with van der Waals surface area (Å²) in [4.78, 5) is 18.4. The Kier molecular flexibility index (Phi) is 3.07. The highest BCUT2D eigenvalue weighted by Gasteiger charge is 2.28. The first-order valence-electron chi connectivity index (χ1n) is 6.72. The number of aryl methyl sites for hydroxylation is 1. The molecule has 0 saturated heterocycles. The largest absolute Gasteiger partial charge is 0.350 e. The lowest BCUT2D eigenvalue weighted by atomic mass is 10.1. The smallest absolute Gasteiger partial charge is 0.234 e. The van der Waals surface area contributed by atoms with Gasteiger partial charge in [0, 0.05) is 37.4 Å². The SMILES string of the molecule is CN(CC(=O)N[C@H]1CCc2nccn2C1)C1CC1. The van der Waals surface area contributed by atoms with Crippen molar-refractivity contribution in [2.45, 2.75) is 44.3 Å². The van der Waals surface area contributed by atoms with E-state index in [4.69, 9.17) is 0 Å². The molecule has 0 aromatic carbocycles. The van der Waals surface area contributed by atoms with Crippen LogP contribution in [0, 0.1) is 0 Å². The monoisotopic (exact) mass is 248 g/mol. The third kappa shape index (κ3) is 2.56. The number of aromatic nitrogens is 2. The number of nitrogens with one attached hydrogen (secondary N) is 1. The zero-order valence-corrected chi connectivity index (χ0v) is 10.8. The van der Waals surface area contributed by atoms with Gasteiger partial charge in [0.15, 0.2) is 0 Å². The summed E-state index contributed by atoms with van der Waals surface area (Å²) >= 11 is 0. The van der Waals surface area contributed by atoms with Crippen molar-refractivity contribution in [2.24, 2.45) is 0 Å². The predicted molar refractivity (Wildman–Crippen MR) is 68.1 cm³/mol. The Hall–Kier alpha value is -1.36. The fourth-order valence-corrected chi connectivity index (χ4v) is 2.63. The van der Waals surface area contributed by atoms with Crippen molar-refractivity contribution in [2.75, 3.05) is 13.6 Å². The maximum Gasteiger partial charge on any atom is 0.234 e. The summed E-state index contributed by atoms with van der Waals surface area (Å²) < 4.78 is 2.14. The fraction of sp³-hybridized carbons (Fsp3) is 0.692. The van der Waals surface area contributed by atoms with Gasteiger partial charge in [0.2, 0.25) is 5.91 Å². The van der Waals surface area contributed by atoms with E-state index in [1.54, 1.807) is 0 Å². The average molecular weight is 248 g/mol. The standard InChI is InChI=1S/C13H20N4O/c1-16(11-3-4-11)9-13(18)15-10-2-5-12-14-6-7-17(12)8-10/h6-7,10-11H,2-5,8-9H2,1H3,(H,15,18)/t10-/m0/s1. The molecule has 1 fully saturated rings. The highest BCUT2D eigenvalue weighted by molar-refractivity contribution is 5.78. The Balaban J connectivity index is 1.49. The summed E-state index contributed by atoms with van der Waals surface area (Å²) in [5, 5.41) is 3.13. The summed E-state index contributed by atoms with van der Waals surface area (Å²) in [6, 6.07) is 0.897. The maximum atomic E-state index is 11.9. The number of likely N-dealkylation sites (N-methyl/N-ethyl adjacent to an activating group) is 1. The van der Waals surface area contributed by atoms with E-state index in [2.05, 4.69) is 19.8 Å². The van der Waals surface area contributed by atoms with E-state index in [-0.39, 0.29) is 11.9 Å². The molecule has 1 aromatic rings. The number of amides is 1. The second-order valence-electron chi connectivity index (χ2n) is 5.45. The predicted octanol–water partition coefficient (Wildman–Crippen LogP) is 0.408. The average Bonchev–Trinajstić information content (AvgIpc) is 3.08. The second kappa shape index (κ2) is 4.72. The van der Waals surface area contributed by atoms with Crippen molar-refractivity contribution < 1.29 is 4.79 Å². The summed E-state index contributed by atoms with van der Waals surface area (Å²) in [5.41, 5.74) is 0. The molecule has 0 radical (unpaired) electrons. The minimum absolute atomic E-state index is 0.151. The number of imidazole rings is 1. The first-order chi connectivity index (χ1) is 8.72. The highest BCUT2D eigenvalue weighted by Crippen LogP contribution is 2.24. The van der Waals surface area contributed by atoms with Crippen LogP contribution in [0.5, 0.6) is 0 Å². The normalized spacial score (nSPS) is 22.9. The summed E-state index contributed by atoms with van der Waals surface area (Å²) in [6.45, 7) is 1.38. The topological polar surface area (TPSA) is 50.2 Å². The van der Waals surface area contributed by atoms with Crippen LogP contribution in [0.4, 0.5) is 0 Å². The number of hydrogen-bond acceptors (Lipinski definition) is 3. The third-order valence-corrected chi connectivity index (χ3v) is 3.86. The van der Waals surface area contributed by atoms with Gasteiger partial charge in [0.05, 0.1) is 6.54 Å². The number of rotatable bonds is 4. The minimum Gasteiger partial charge on any atom is -0.350 e. The molecule has 2 aliphatic rings. The van der Waals surface area contributed by atoms with E-state index < -0.39 is 0 Å². The van der Waals surface area contributed by atoms with Gasteiger partial charge in [0.1, 0.15) is 5.82 Å². The number of nitrogens with zero attached hydrogens (tertiary/aromatic N) is 3.